The van der Waals surface area contributed by atoms with Crippen molar-refractivity contribution in [2.24, 2.45) is 0 Å². The molecule has 0 aromatic carbocycles. The molecule has 0 spiro atoms. The lowest BCUT2D eigenvalue weighted by Gasteiger charge is -2.29. The summed E-state index contributed by atoms with van der Waals surface area (Å²) in [7, 11) is 1.78. The SMILES string of the molecule is CCC(CC)(OC)c1nc2c(c(C3CC3)n1)CNC2. The number of methoxy groups -OCH3 is 1. The lowest BCUT2D eigenvalue weighted by atomic mass is 9.95. The fourth-order valence-electron chi connectivity index (χ4n) is 3.04. The second-order valence-electron chi connectivity index (χ2n) is 5.64. The summed E-state index contributed by atoms with van der Waals surface area (Å²) in [5.74, 6) is 1.56. The standard InChI is InChI=1S/C15H23N3O/c1-4-15(5-2,19-3)14-17-12-9-16-8-11(12)13(18-14)10-6-7-10/h10,16H,4-9H2,1-3H3. The van der Waals surface area contributed by atoms with Crippen LogP contribution in [-0.2, 0) is 23.4 Å². The van der Waals surface area contributed by atoms with Gasteiger partial charge in [0.15, 0.2) is 5.82 Å². The highest BCUT2D eigenvalue weighted by Crippen LogP contribution is 2.43. The molecule has 1 aliphatic carbocycles. The van der Waals surface area contributed by atoms with E-state index in [4.69, 9.17) is 14.7 Å². The van der Waals surface area contributed by atoms with E-state index in [-0.39, 0.29) is 5.60 Å². The molecule has 1 aromatic rings. The van der Waals surface area contributed by atoms with Crippen LogP contribution in [0.3, 0.4) is 0 Å². The normalized spacial score (nSPS) is 18.7. The van der Waals surface area contributed by atoms with Crippen LogP contribution in [0.1, 0.15) is 68.2 Å². The largest absolute Gasteiger partial charge is 0.370 e. The van der Waals surface area contributed by atoms with Crippen LogP contribution in [0.25, 0.3) is 0 Å². The van der Waals surface area contributed by atoms with Gasteiger partial charge in [-0.1, -0.05) is 13.8 Å². The monoisotopic (exact) mass is 261 g/mol. The molecule has 0 unspecified atom stereocenters. The van der Waals surface area contributed by atoms with Gasteiger partial charge >= 0.3 is 0 Å². The molecule has 1 saturated carbocycles. The van der Waals surface area contributed by atoms with Gasteiger partial charge < -0.3 is 10.1 Å². The van der Waals surface area contributed by atoms with E-state index in [1.807, 2.05) is 0 Å². The fraction of sp³-hybridized carbons (Fsp3) is 0.733. The Kier molecular flexibility index (Phi) is 3.31. The maximum Gasteiger partial charge on any atom is 0.160 e. The maximum atomic E-state index is 5.79. The Bertz CT molecular complexity index is 470. The van der Waals surface area contributed by atoms with Crippen LogP contribution in [0.2, 0.25) is 0 Å². The van der Waals surface area contributed by atoms with E-state index in [2.05, 4.69) is 19.2 Å². The Morgan fingerprint density at radius 1 is 1.21 bits per heavy atom. The van der Waals surface area contributed by atoms with Crippen molar-refractivity contribution in [3.63, 3.8) is 0 Å². The van der Waals surface area contributed by atoms with Crippen LogP contribution in [0.15, 0.2) is 0 Å². The van der Waals surface area contributed by atoms with Gasteiger partial charge in [-0.3, -0.25) is 0 Å². The quantitative estimate of drug-likeness (QED) is 0.885. The van der Waals surface area contributed by atoms with Crippen LogP contribution in [0.5, 0.6) is 0 Å². The number of ether oxygens (including phenoxy) is 1. The van der Waals surface area contributed by atoms with Crippen LogP contribution in [-0.4, -0.2) is 17.1 Å². The van der Waals surface area contributed by atoms with Gasteiger partial charge in [0.2, 0.25) is 0 Å². The lowest BCUT2D eigenvalue weighted by Crippen LogP contribution is -2.30. The predicted octanol–water partition coefficient (Wildman–Crippen LogP) is 2.62. The molecule has 2 aliphatic rings. The van der Waals surface area contributed by atoms with Gasteiger partial charge in [-0.05, 0) is 25.7 Å². The fourth-order valence-corrected chi connectivity index (χ4v) is 3.04. The van der Waals surface area contributed by atoms with Gasteiger partial charge in [0.05, 0.1) is 11.4 Å². The molecule has 0 atom stereocenters. The average molecular weight is 261 g/mol. The molecule has 0 amide bonds. The van der Waals surface area contributed by atoms with E-state index in [0.29, 0.717) is 5.92 Å². The molecule has 2 heterocycles. The zero-order valence-corrected chi connectivity index (χ0v) is 12.1. The Hall–Kier alpha value is -1.00. The topological polar surface area (TPSA) is 47.0 Å². The van der Waals surface area contributed by atoms with Crippen molar-refractivity contribution in [1.82, 2.24) is 15.3 Å². The zero-order valence-electron chi connectivity index (χ0n) is 12.1. The zero-order chi connectivity index (χ0) is 13.5. The van der Waals surface area contributed by atoms with Crippen LogP contribution >= 0.6 is 0 Å². The molecule has 0 saturated heterocycles. The Balaban J connectivity index is 2.09. The van der Waals surface area contributed by atoms with Crippen LogP contribution < -0.4 is 5.32 Å². The Labute approximate surface area is 115 Å². The van der Waals surface area contributed by atoms with Crippen molar-refractivity contribution in [1.29, 1.82) is 0 Å². The van der Waals surface area contributed by atoms with E-state index in [1.54, 1.807) is 7.11 Å². The van der Waals surface area contributed by atoms with Crippen molar-refractivity contribution in [3.05, 3.63) is 22.8 Å². The number of fused-ring (bicyclic) bond motifs is 1. The third kappa shape index (κ3) is 2.07. The third-order valence-corrected chi connectivity index (χ3v) is 4.62. The Morgan fingerprint density at radius 2 is 1.95 bits per heavy atom. The van der Waals surface area contributed by atoms with Gasteiger partial charge in [-0.2, -0.15) is 0 Å². The van der Waals surface area contributed by atoms with Gasteiger partial charge in [0, 0.05) is 31.7 Å². The minimum absolute atomic E-state index is 0.318. The summed E-state index contributed by atoms with van der Waals surface area (Å²) in [5.41, 5.74) is 3.51. The molecular formula is C15H23N3O. The van der Waals surface area contributed by atoms with E-state index in [0.717, 1.165) is 31.8 Å². The second-order valence-corrected chi connectivity index (χ2v) is 5.64. The van der Waals surface area contributed by atoms with E-state index >= 15 is 0 Å². The van der Waals surface area contributed by atoms with E-state index in [9.17, 15) is 0 Å². The highest BCUT2D eigenvalue weighted by molar-refractivity contribution is 5.34. The molecule has 0 bridgehead atoms. The van der Waals surface area contributed by atoms with Gasteiger partial charge in [-0.15, -0.1) is 0 Å². The second kappa shape index (κ2) is 4.84. The van der Waals surface area contributed by atoms with Crippen molar-refractivity contribution >= 4 is 0 Å². The molecule has 1 fully saturated rings. The number of hydrogen-bond donors (Lipinski definition) is 1. The molecule has 1 aliphatic heterocycles. The molecule has 1 aromatic heterocycles. The number of rotatable bonds is 5. The molecular weight excluding hydrogens is 238 g/mol. The summed E-state index contributed by atoms with van der Waals surface area (Å²) in [6, 6.07) is 0. The lowest BCUT2D eigenvalue weighted by molar-refractivity contribution is -0.0294. The molecule has 1 N–H and O–H groups in total. The first-order valence-electron chi connectivity index (χ1n) is 7.40. The van der Waals surface area contributed by atoms with Gasteiger partial charge in [0.1, 0.15) is 5.60 Å². The molecule has 104 valence electrons. The highest BCUT2D eigenvalue weighted by Gasteiger charge is 2.37. The first kappa shape index (κ1) is 13.0. The van der Waals surface area contributed by atoms with Crippen LogP contribution in [0, 0.1) is 0 Å². The number of nitrogens with zero attached hydrogens (tertiary/aromatic N) is 2. The van der Waals surface area contributed by atoms with E-state index in [1.165, 1.54) is 29.8 Å². The average Bonchev–Trinajstić information content (AvgIpc) is 3.18. The minimum atomic E-state index is -0.318. The molecule has 4 nitrogen and oxygen atoms in total. The summed E-state index contributed by atoms with van der Waals surface area (Å²) in [4.78, 5) is 9.73. The maximum absolute atomic E-state index is 5.79. The van der Waals surface area contributed by atoms with Crippen molar-refractivity contribution < 1.29 is 4.74 Å². The number of aromatic nitrogens is 2. The summed E-state index contributed by atoms with van der Waals surface area (Å²) < 4.78 is 5.79. The Morgan fingerprint density at radius 3 is 2.53 bits per heavy atom. The predicted molar refractivity (Wildman–Crippen MR) is 73.8 cm³/mol. The van der Waals surface area contributed by atoms with Crippen molar-refractivity contribution in [2.45, 2.75) is 64.1 Å². The van der Waals surface area contributed by atoms with Crippen molar-refractivity contribution in [3.8, 4) is 0 Å². The highest BCUT2D eigenvalue weighted by atomic mass is 16.5. The van der Waals surface area contributed by atoms with Crippen LogP contribution in [0.4, 0.5) is 0 Å². The van der Waals surface area contributed by atoms with Crippen molar-refractivity contribution in [2.75, 3.05) is 7.11 Å². The summed E-state index contributed by atoms with van der Waals surface area (Å²) in [6.45, 7) is 6.11. The third-order valence-electron chi connectivity index (χ3n) is 4.62. The molecule has 4 heteroatoms. The number of nitrogens with one attached hydrogen (secondary N) is 1. The molecule has 19 heavy (non-hydrogen) atoms. The van der Waals surface area contributed by atoms with Gasteiger partial charge in [0.25, 0.3) is 0 Å². The molecule has 0 radical (unpaired) electrons. The first-order chi connectivity index (χ1) is 9.24. The summed E-state index contributed by atoms with van der Waals surface area (Å²) in [6.07, 6.45) is 4.38. The first-order valence-corrected chi connectivity index (χ1v) is 7.40. The summed E-state index contributed by atoms with van der Waals surface area (Å²) >= 11 is 0. The number of hydrogen-bond acceptors (Lipinski definition) is 4. The summed E-state index contributed by atoms with van der Waals surface area (Å²) in [5, 5.41) is 3.40. The smallest absolute Gasteiger partial charge is 0.160 e. The van der Waals surface area contributed by atoms with Gasteiger partial charge in [-0.25, -0.2) is 9.97 Å². The minimum Gasteiger partial charge on any atom is -0.370 e. The molecule has 3 rings (SSSR count). The van der Waals surface area contributed by atoms with E-state index < -0.39 is 0 Å².